The lowest BCUT2D eigenvalue weighted by molar-refractivity contribution is -0.132. The molecule has 1 aromatic heterocycles. The molecule has 0 spiro atoms. The minimum absolute atomic E-state index is 0.272. The molecule has 1 amide bonds. The molecule has 5 heteroatoms. The van der Waals surface area contributed by atoms with Crippen LogP contribution in [0.15, 0.2) is 22.6 Å². The number of aromatic nitrogens is 1. The highest BCUT2D eigenvalue weighted by Gasteiger charge is 2.08. The van der Waals surface area contributed by atoms with E-state index in [4.69, 9.17) is 9.52 Å². The minimum atomic E-state index is -0.448. The second-order valence-corrected chi connectivity index (χ2v) is 4.26. The van der Waals surface area contributed by atoms with E-state index in [2.05, 4.69) is 4.98 Å². The van der Waals surface area contributed by atoms with Gasteiger partial charge in [0.1, 0.15) is 12.1 Å². The van der Waals surface area contributed by atoms with Crippen molar-refractivity contribution in [3.05, 3.63) is 29.7 Å². The van der Waals surface area contributed by atoms with E-state index in [0.717, 1.165) is 23.1 Å². The summed E-state index contributed by atoms with van der Waals surface area (Å²) < 4.78 is 5.45. The average molecular weight is 248 g/mol. The van der Waals surface area contributed by atoms with Crippen molar-refractivity contribution in [2.75, 3.05) is 20.2 Å². The van der Waals surface area contributed by atoms with Crippen molar-refractivity contribution >= 4 is 17.0 Å². The Kier molecular flexibility index (Phi) is 3.62. The molecular formula is C13H16N2O3. The van der Waals surface area contributed by atoms with Gasteiger partial charge in [-0.1, -0.05) is 6.07 Å². The molecule has 0 aliphatic rings. The maximum absolute atomic E-state index is 11.2. The fourth-order valence-corrected chi connectivity index (χ4v) is 1.78. The lowest BCUT2D eigenvalue weighted by Crippen LogP contribution is -2.31. The molecule has 0 radical (unpaired) electrons. The summed E-state index contributed by atoms with van der Waals surface area (Å²) >= 11 is 0. The van der Waals surface area contributed by atoms with Crippen LogP contribution in [-0.2, 0) is 11.2 Å². The number of amides is 1. The highest BCUT2D eigenvalue weighted by molar-refractivity contribution is 5.77. The first-order chi connectivity index (χ1) is 8.60. The first kappa shape index (κ1) is 12.6. The number of nitrogens with zero attached hydrogens (tertiary/aromatic N) is 2. The molecule has 2 aromatic rings. The lowest BCUT2D eigenvalue weighted by Gasteiger charge is -2.15. The number of aliphatic hydroxyl groups is 1. The van der Waals surface area contributed by atoms with Gasteiger partial charge in [-0.3, -0.25) is 4.79 Å². The van der Waals surface area contributed by atoms with Crippen LogP contribution in [0.3, 0.4) is 0 Å². The maximum Gasteiger partial charge on any atom is 0.248 e. The van der Waals surface area contributed by atoms with Crippen LogP contribution < -0.4 is 0 Å². The quantitative estimate of drug-likeness (QED) is 0.880. The number of rotatable bonds is 4. The summed E-state index contributed by atoms with van der Waals surface area (Å²) in [5.74, 6) is 0.376. The number of hydrogen-bond donors (Lipinski definition) is 1. The van der Waals surface area contributed by atoms with Gasteiger partial charge < -0.3 is 14.4 Å². The Morgan fingerprint density at radius 3 is 3.00 bits per heavy atom. The summed E-state index contributed by atoms with van der Waals surface area (Å²) in [6, 6.07) is 5.82. The number of likely N-dealkylation sites (N-methyl/N-ethyl adjacent to an activating group) is 1. The highest BCUT2D eigenvalue weighted by atomic mass is 16.3. The van der Waals surface area contributed by atoms with Gasteiger partial charge in [0, 0.05) is 20.5 Å². The van der Waals surface area contributed by atoms with Gasteiger partial charge >= 0.3 is 0 Å². The van der Waals surface area contributed by atoms with Crippen molar-refractivity contribution in [1.29, 1.82) is 0 Å². The zero-order chi connectivity index (χ0) is 13.1. The van der Waals surface area contributed by atoms with Crippen molar-refractivity contribution in [2.45, 2.75) is 13.3 Å². The molecule has 1 N–H and O–H groups in total. The lowest BCUT2D eigenvalue weighted by atomic mass is 10.1. The molecule has 96 valence electrons. The second-order valence-electron chi connectivity index (χ2n) is 4.26. The summed E-state index contributed by atoms with van der Waals surface area (Å²) in [6.07, 6.45) is 0.720. The first-order valence-corrected chi connectivity index (χ1v) is 5.81. The fourth-order valence-electron chi connectivity index (χ4n) is 1.78. The van der Waals surface area contributed by atoms with Gasteiger partial charge in [0.2, 0.25) is 5.91 Å². The third-order valence-corrected chi connectivity index (χ3v) is 2.86. The van der Waals surface area contributed by atoms with E-state index in [-0.39, 0.29) is 5.91 Å². The van der Waals surface area contributed by atoms with Crippen LogP contribution in [0, 0.1) is 6.92 Å². The molecule has 2 rings (SSSR count). The van der Waals surface area contributed by atoms with Gasteiger partial charge in [-0.05, 0) is 24.1 Å². The van der Waals surface area contributed by atoms with Crippen LogP contribution in [0.25, 0.3) is 11.1 Å². The normalized spacial score (nSPS) is 10.8. The first-order valence-electron chi connectivity index (χ1n) is 5.81. The zero-order valence-electron chi connectivity index (χ0n) is 10.5. The third kappa shape index (κ3) is 2.68. The molecular weight excluding hydrogens is 232 g/mol. The highest BCUT2D eigenvalue weighted by Crippen LogP contribution is 2.17. The Hall–Kier alpha value is -1.88. The monoisotopic (exact) mass is 248 g/mol. The number of carbonyl (C=O) groups excluding carboxylic acids is 1. The summed E-state index contributed by atoms with van der Waals surface area (Å²) in [7, 11) is 1.68. The molecule has 5 nitrogen and oxygen atoms in total. The summed E-state index contributed by atoms with van der Waals surface area (Å²) in [6.45, 7) is 1.93. The van der Waals surface area contributed by atoms with Crippen LogP contribution >= 0.6 is 0 Å². The van der Waals surface area contributed by atoms with E-state index in [1.807, 2.05) is 25.1 Å². The Balaban J connectivity index is 2.05. The summed E-state index contributed by atoms with van der Waals surface area (Å²) in [4.78, 5) is 16.9. The SMILES string of the molecule is Cc1nc2ccc(CCN(C)C(=O)CO)cc2o1. The van der Waals surface area contributed by atoms with Crippen LogP contribution in [0.4, 0.5) is 0 Å². The molecule has 0 saturated heterocycles. The molecule has 1 aromatic carbocycles. The van der Waals surface area contributed by atoms with Crippen molar-refractivity contribution in [2.24, 2.45) is 0 Å². The third-order valence-electron chi connectivity index (χ3n) is 2.86. The van der Waals surface area contributed by atoms with Crippen LogP contribution in [0.1, 0.15) is 11.5 Å². The van der Waals surface area contributed by atoms with Crippen LogP contribution in [0.2, 0.25) is 0 Å². The summed E-state index contributed by atoms with van der Waals surface area (Å²) in [5.41, 5.74) is 2.69. The van der Waals surface area contributed by atoms with E-state index < -0.39 is 6.61 Å². The average Bonchev–Trinajstić information content (AvgIpc) is 2.74. The van der Waals surface area contributed by atoms with E-state index >= 15 is 0 Å². The minimum Gasteiger partial charge on any atom is -0.441 e. The van der Waals surface area contributed by atoms with E-state index in [1.54, 1.807) is 7.05 Å². The van der Waals surface area contributed by atoms with E-state index in [9.17, 15) is 4.79 Å². The molecule has 18 heavy (non-hydrogen) atoms. The Bertz CT molecular complexity index is 562. The number of hydrogen-bond acceptors (Lipinski definition) is 4. The predicted molar refractivity (Wildman–Crippen MR) is 67.2 cm³/mol. The van der Waals surface area contributed by atoms with E-state index in [1.165, 1.54) is 4.90 Å². The Morgan fingerprint density at radius 2 is 2.28 bits per heavy atom. The van der Waals surface area contributed by atoms with Crippen molar-refractivity contribution < 1.29 is 14.3 Å². The standard InChI is InChI=1S/C13H16N2O3/c1-9-14-11-4-3-10(7-12(11)18-9)5-6-15(2)13(17)8-16/h3-4,7,16H,5-6,8H2,1-2H3. The molecule has 0 saturated carbocycles. The number of aliphatic hydroxyl groups excluding tert-OH is 1. The number of carbonyl (C=O) groups is 1. The van der Waals surface area contributed by atoms with Gasteiger partial charge in [-0.15, -0.1) is 0 Å². The van der Waals surface area contributed by atoms with Gasteiger partial charge in [0.15, 0.2) is 11.5 Å². The van der Waals surface area contributed by atoms with Gasteiger partial charge in [-0.25, -0.2) is 4.98 Å². The van der Waals surface area contributed by atoms with Gasteiger partial charge in [0.25, 0.3) is 0 Å². The number of oxazole rings is 1. The molecule has 0 unspecified atom stereocenters. The van der Waals surface area contributed by atoms with Gasteiger partial charge in [0.05, 0.1) is 0 Å². The van der Waals surface area contributed by atoms with Crippen molar-refractivity contribution in [1.82, 2.24) is 9.88 Å². The van der Waals surface area contributed by atoms with E-state index in [0.29, 0.717) is 12.4 Å². The fraction of sp³-hybridized carbons (Fsp3) is 0.385. The number of benzene rings is 1. The molecule has 0 atom stereocenters. The zero-order valence-corrected chi connectivity index (χ0v) is 10.5. The number of aryl methyl sites for hydroxylation is 1. The van der Waals surface area contributed by atoms with Crippen LogP contribution in [-0.4, -0.2) is 41.1 Å². The second kappa shape index (κ2) is 5.18. The van der Waals surface area contributed by atoms with Crippen molar-refractivity contribution in [3.8, 4) is 0 Å². The predicted octanol–water partition coefficient (Wildman–Crippen LogP) is 1.13. The largest absolute Gasteiger partial charge is 0.441 e. The smallest absolute Gasteiger partial charge is 0.248 e. The number of fused-ring (bicyclic) bond motifs is 1. The summed E-state index contributed by atoms with van der Waals surface area (Å²) in [5, 5.41) is 8.73. The Labute approximate surface area is 105 Å². The maximum atomic E-state index is 11.2. The van der Waals surface area contributed by atoms with Crippen LogP contribution in [0.5, 0.6) is 0 Å². The molecule has 0 fully saturated rings. The molecule has 0 aliphatic heterocycles. The topological polar surface area (TPSA) is 66.6 Å². The molecule has 1 heterocycles. The van der Waals surface area contributed by atoms with Gasteiger partial charge in [-0.2, -0.15) is 0 Å². The Morgan fingerprint density at radius 1 is 1.50 bits per heavy atom. The van der Waals surface area contributed by atoms with Crippen molar-refractivity contribution in [3.63, 3.8) is 0 Å². The molecule has 0 aliphatic carbocycles. The molecule has 0 bridgehead atoms.